The fourth-order valence-electron chi connectivity index (χ4n) is 2.35. The Balaban J connectivity index is 2.28. The summed E-state index contributed by atoms with van der Waals surface area (Å²) in [6.45, 7) is 2.37. The Labute approximate surface area is 130 Å². The second kappa shape index (κ2) is 5.78. The molecule has 2 rings (SSSR count). The highest BCUT2D eigenvalue weighted by Crippen LogP contribution is 2.41. The predicted molar refractivity (Wildman–Crippen MR) is 68.7 cm³/mol. The van der Waals surface area contributed by atoms with E-state index in [0.29, 0.717) is 0 Å². The van der Waals surface area contributed by atoms with Gasteiger partial charge in [0.05, 0.1) is 6.61 Å². The number of hydrogen-bond donors (Lipinski definition) is 3. The molecule has 2 aliphatic heterocycles. The maximum Gasteiger partial charge on any atom is 0.367 e. The average molecular weight is 347 g/mol. The van der Waals surface area contributed by atoms with Gasteiger partial charge in [-0.3, -0.25) is 0 Å². The highest BCUT2D eigenvalue weighted by molar-refractivity contribution is 6.44. The highest BCUT2D eigenvalue weighted by atomic mass is 35.5. The zero-order chi connectivity index (χ0) is 16.0. The maximum absolute atomic E-state index is 11.3. The first-order valence-corrected chi connectivity index (χ1v) is 7.01. The Kier molecular flexibility index (Phi) is 4.73. The normalized spacial score (nSPS) is 42.6. The molecule has 1 unspecified atom stereocenters. The van der Waals surface area contributed by atoms with Crippen molar-refractivity contribution in [3.63, 3.8) is 0 Å². The minimum absolute atomic E-state index is 0.502. The van der Waals surface area contributed by atoms with E-state index in [1.165, 1.54) is 13.8 Å². The van der Waals surface area contributed by atoms with E-state index in [0.717, 1.165) is 0 Å². The summed E-state index contributed by atoms with van der Waals surface area (Å²) in [5.74, 6) is -5.65. The number of rotatable bonds is 4. The van der Waals surface area contributed by atoms with Crippen LogP contribution in [0, 0.1) is 0 Å². The number of hydrogen-bond acceptors (Lipinski definition) is 7. The quantitative estimate of drug-likeness (QED) is 0.600. The monoisotopic (exact) mass is 346 g/mol. The lowest BCUT2D eigenvalue weighted by molar-refractivity contribution is -0.242. The van der Waals surface area contributed by atoms with Gasteiger partial charge in [-0.2, -0.15) is 0 Å². The molecule has 10 heteroatoms. The average Bonchev–Trinajstić information content (AvgIpc) is 2.88. The van der Waals surface area contributed by atoms with Gasteiger partial charge in [0.1, 0.15) is 12.2 Å². The maximum atomic E-state index is 11.3. The lowest BCUT2D eigenvalue weighted by atomic mass is 10.0. The van der Waals surface area contributed by atoms with Crippen LogP contribution in [0.1, 0.15) is 13.8 Å². The van der Waals surface area contributed by atoms with Crippen molar-refractivity contribution in [3.8, 4) is 0 Å². The summed E-state index contributed by atoms with van der Waals surface area (Å²) < 4.78 is 21.1. The van der Waals surface area contributed by atoms with Crippen molar-refractivity contribution < 1.29 is 39.1 Å². The SMILES string of the molecule is CC1(C)O[C@@H]([C@@H]2OC(C(Cl)Cl)O[C@@H]2CO)[C@](O)(C(=O)O)O1. The number of aliphatic carboxylic acids is 1. The number of halogens is 2. The Bertz CT molecular complexity index is 417. The Hall–Kier alpha value is -0.190. The summed E-state index contributed by atoms with van der Waals surface area (Å²) >= 11 is 11.3. The van der Waals surface area contributed by atoms with Crippen LogP contribution in [0.3, 0.4) is 0 Å². The molecule has 2 saturated heterocycles. The zero-order valence-corrected chi connectivity index (χ0v) is 12.7. The molecule has 5 atom stereocenters. The molecule has 8 nitrogen and oxygen atoms in total. The number of aliphatic hydroxyl groups is 2. The van der Waals surface area contributed by atoms with Gasteiger partial charge in [0.25, 0.3) is 5.79 Å². The van der Waals surface area contributed by atoms with E-state index in [4.69, 9.17) is 42.1 Å². The van der Waals surface area contributed by atoms with Crippen LogP contribution < -0.4 is 0 Å². The lowest BCUT2D eigenvalue weighted by Crippen LogP contribution is -2.55. The second-order valence-corrected chi connectivity index (χ2v) is 6.37. The summed E-state index contributed by atoms with van der Waals surface area (Å²) in [7, 11) is 0. The van der Waals surface area contributed by atoms with E-state index >= 15 is 0 Å². The van der Waals surface area contributed by atoms with E-state index < -0.39 is 53.6 Å². The summed E-state index contributed by atoms with van der Waals surface area (Å²) in [4.78, 5) is 10.3. The minimum Gasteiger partial charge on any atom is -0.477 e. The van der Waals surface area contributed by atoms with Gasteiger partial charge in [-0.15, -0.1) is 0 Å². The van der Waals surface area contributed by atoms with Crippen LogP contribution in [-0.2, 0) is 23.7 Å². The van der Waals surface area contributed by atoms with Crippen molar-refractivity contribution in [2.75, 3.05) is 6.61 Å². The molecule has 0 spiro atoms. The van der Waals surface area contributed by atoms with E-state index in [1.807, 2.05) is 0 Å². The van der Waals surface area contributed by atoms with Crippen LogP contribution in [0.2, 0.25) is 0 Å². The number of alkyl halides is 2. The first kappa shape index (κ1) is 17.2. The van der Waals surface area contributed by atoms with E-state index in [-0.39, 0.29) is 0 Å². The number of ether oxygens (including phenoxy) is 4. The molecule has 2 heterocycles. The number of aliphatic hydroxyl groups excluding tert-OH is 1. The predicted octanol–water partition coefficient (Wildman–Crippen LogP) is -0.183. The van der Waals surface area contributed by atoms with Gasteiger partial charge >= 0.3 is 5.97 Å². The van der Waals surface area contributed by atoms with Gasteiger partial charge in [0, 0.05) is 0 Å². The van der Waals surface area contributed by atoms with Crippen LogP contribution >= 0.6 is 23.2 Å². The summed E-state index contributed by atoms with van der Waals surface area (Å²) in [5.41, 5.74) is 0. The molecule has 0 bridgehead atoms. The smallest absolute Gasteiger partial charge is 0.367 e. The molecule has 0 saturated carbocycles. The fraction of sp³-hybridized carbons (Fsp3) is 0.909. The Morgan fingerprint density at radius 3 is 2.43 bits per heavy atom. The summed E-state index contributed by atoms with van der Waals surface area (Å²) in [6.07, 6.45) is -4.61. The van der Waals surface area contributed by atoms with Gasteiger partial charge in [-0.05, 0) is 13.8 Å². The van der Waals surface area contributed by atoms with E-state index in [2.05, 4.69) is 0 Å². The van der Waals surface area contributed by atoms with Crippen LogP contribution in [0.5, 0.6) is 0 Å². The molecule has 0 radical (unpaired) electrons. The molecule has 0 aromatic rings. The van der Waals surface area contributed by atoms with Gasteiger partial charge in [0.15, 0.2) is 23.0 Å². The highest BCUT2D eigenvalue weighted by Gasteiger charge is 2.64. The molecular weight excluding hydrogens is 331 g/mol. The summed E-state index contributed by atoms with van der Waals surface area (Å²) in [5, 5.41) is 28.8. The fourth-order valence-corrected chi connectivity index (χ4v) is 2.59. The molecule has 2 aliphatic rings. The molecule has 122 valence electrons. The van der Waals surface area contributed by atoms with E-state index in [9.17, 15) is 20.1 Å². The topological polar surface area (TPSA) is 115 Å². The standard InChI is InChI=1S/C11H16Cl2O8/c1-10(2)20-6(11(17,21-10)9(15)16)5-4(3-14)18-8(19-5)7(12)13/h4-8,14,17H,3H2,1-2H3,(H,15,16)/t4-,5-,6+,8?,11-/m1/s1. The van der Waals surface area contributed by atoms with Crippen molar-refractivity contribution in [2.45, 2.75) is 54.9 Å². The molecule has 21 heavy (non-hydrogen) atoms. The second-order valence-electron chi connectivity index (χ2n) is 5.20. The number of carboxylic acid groups (broad SMARTS) is 1. The molecule has 2 fully saturated rings. The zero-order valence-electron chi connectivity index (χ0n) is 11.2. The molecular formula is C11H16Cl2O8. The number of carbonyl (C=O) groups is 1. The molecule has 0 aromatic heterocycles. The lowest BCUT2D eigenvalue weighted by Gasteiger charge is -2.27. The third kappa shape index (κ3) is 3.13. The Morgan fingerprint density at radius 2 is 1.95 bits per heavy atom. The van der Waals surface area contributed by atoms with Crippen molar-refractivity contribution >= 4 is 29.2 Å². The Morgan fingerprint density at radius 1 is 1.33 bits per heavy atom. The molecule has 0 aliphatic carbocycles. The summed E-state index contributed by atoms with van der Waals surface area (Å²) in [6, 6.07) is 0. The first-order chi connectivity index (χ1) is 9.60. The minimum atomic E-state index is -2.64. The van der Waals surface area contributed by atoms with Crippen LogP contribution in [0.4, 0.5) is 0 Å². The largest absolute Gasteiger partial charge is 0.477 e. The molecule has 3 N–H and O–H groups in total. The third-order valence-electron chi connectivity index (χ3n) is 3.15. The van der Waals surface area contributed by atoms with Crippen molar-refractivity contribution in [3.05, 3.63) is 0 Å². The van der Waals surface area contributed by atoms with Gasteiger partial charge in [-0.1, -0.05) is 23.2 Å². The van der Waals surface area contributed by atoms with Crippen LogP contribution in [-0.4, -0.2) is 68.9 Å². The van der Waals surface area contributed by atoms with Gasteiger partial charge in [-0.25, -0.2) is 4.79 Å². The van der Waals surface area contributed by atoms with E-state index in [1.54, 1.807) is 0 Å². The first-order valence-electron chi connectivity index (χ1n) is 6.14. The van der Waals surface area contributed by atoms with Crippen molar-refractivity contribution in [1.82, 2.24) is 0 Å². The van der Waals surface area contributed by atoms with Crippen LogP contribution in [0.25, 0.3) is 0 Å². The number of carboxylic acids is 1. The molecule has 0 aromatic carbocycles. The molecule has 0 amide bonds. The van der Waals surface area contributed by atoms with Crippen LogP contribution in [0.15, 0.2) is 0 Å². The van der Waals surface area contributed by atoms with Gasteiger partial charge < -0.3 is 34.3 Å². The van der Waals surface area contributed by atoms with Crippen molar-refractivity contribution in [2.24, 2.45) is 0 Å². The van der Waals surface area contributed by atoms with Crippen molar-refractivity contribution in [1.29, 1.82) is 0 Å². The third-order valence-corrected chi connectivity index (χ3v) is 3.57. The van der Waals surface area contributed by atoms with Gasteiger partial charge in [0.2, 0.25) is 0 Å².